The quantitative estimate of drug-likeness (QED) is 0.533. The Hall–Kier alpha value is -3.12. The van der Waals surface area contributed by atoms with Gasteiger partial charge in [0.25, 0.3) is 0 Å². The van der Waals surface area contributed by atoms with Gasteiger partial charge >= 0.3 is 0 Å². The number of fused-ring (bicyclic) bond motifs is 1. The molecule has 0 fully saturated rings. The number of methoxy groups -OCH3 is 2. The number of rotatable bonds is 6. The van der Waals surface area contributed by atoms with Crippen molar-refractivity contribution in [1.82, 2.24) is 4.68 Å². The molecule has 4 rings (SSSR count). The van der Waals surface area contributed by atoms with Crippen LogP contribution in [0.1, 0.15) is 24.5 Å². The largest absolute Gasteiger partial charge is 0.497 e. The van der Waals surface area contributed by atoms with Gasteiger partial charge in [-0.25, -0.2) is 4.68 Å². The summed E-state index contributed by atoms with van der Waals surface area (Å²) in [6, 6.07) is 14.3. The standard InChI is InChI=1S/C24H25N3O2S/c1-16(2)14-25-24-27(26-21-11-9-17-7-5-6-8-19(17)21)22(15-30-24)20-13-18(28-3)10-12-23(20)29-4/h5-8,10,12-13,15H,1,9,11,14H2,2-4H3. The summed E-state index contributed by atoms with van der Waals surface area (Å²) in [5.41, 5.74) is 6.48. The van der Waals surface area contributed by atoms with Crippen LogP contribution >= 0.6 is 11.3 Å². The van der Waals surface area contributed by atoms with E-state index in [1.54, 1.807) is 25.6 Å². The molecule has 0 atom stereocenters. The summed E-state index contributed by atoms with van der Waals surface area (Å²) in [7, 11) is 3.34. The third kappa shape index (κ3) is 3.96. The highest BCUT2D eigenvalue weighted by Crippen LogP contribution is 2.34. The molecular weight excluding hydrogens is 394 g/mol. The zero-order valence-corrected chi connectivity index (χ0v) is 18.3. The first-order valence-electron chi connectivity index (χ1n) is 9.84. The van der Waals surface area contributed by atoms with Crippen LogP contribution in [-0.4, -0.2) is 31.2 Å². The molecule has 154 valence electrons. The van der Waals surface area contributed by atoms with E-state index in [1.165, 1.54) is 11.1 Å². The second kappa shape index (κ2) is 8.71. The monoisotopic (exact) mass is 419 g/mol. The van der Waals surface area contributed by atoms with Crippen LogP contribution in [-0.2, 0) is 6.42 Å². The molecule has 0 unspecified atom stereocenters. The molecule has 6 heteroatoms. The number of ether oxygens (including phenoxy) is 2. The lowest BCUT2D eigenvalue weighted by atomic mass is 10.1. The third-order valence-corrected chi connectivity index (χ3v) is 5.89. The molecule has 1 heterocycles. The molecule has 0 radical (unpaired) electrons. The maximum absolute atomic E-state index is 5.63. The zero-order valence-electron chi connectivity index (χ0n) is 17.5. The van der Waals surface area contributed by atoms with E-state index in [9.17, 15) is 0 Å². The second-order valence-corrected chi connectivity index (χ2v) is 8.10. The molecule has 1 aliphatic carbocycles. The molecule has 0 aliphatic heterocycles. The maximum Gasteiger partial charge on any atom is 0.206 e. The molecule has 2 aromatic carbocycles. The summed E-state index contributed by atoms with van der Waals surface area (Å²) in [6.45, 7) is 6.52. The highest BCUT2D eigenvalue weighted by atomic mass is 32.1. The van der Waals surface area contributed by atoms with Gasteiger partial charge in [0, 0.05) is 16.5 Å². The summed E-state index contributed by atoms with van der Waals surface area (Å²) in [5, 5.41) is 7.14. The Labute approximate surface area is 180 Å². The van der Waals surface area contributed by atoms with Gasteiger partial charge in [0.15, 0.2) is 0 Å². The first-order valence-corrected chi connectivity index (χ1v) is 10.7. The summed E-state index contributed by atoms with van der Waals surface area (Å²) >= 11 is 1.56. The maximum atomic E-state index is 5.63. The van der Waals surface area contributed by atoms with Crippen molar-refractivity contribution in [3.8, 4) is 22.8 Å². The Morgan fingerprint density at radius 1 is 1.10 bits per heavy atom. The number of hydrogen-bond acceptors (Lipinski definition) is 5. The Bertz CT molecular complexity index is 1190. The van der Waals surface area contributed by atoms with E-state index in [0.717, 1.165) is 51.7 Å². The first kappa shape index (κ1) is 20.2. The lowest BCUT2D eigenvalue weighted by Gasteiger charge is -2.11. The van der Waals surface area contributed by atoms with Gasteiger partial charge in [-0.1, -0.05) is 36.4 Å². The van der Waals surface area contributed by atoms with Crippen LogP contribution in [0.4, 0.5) is 0 Å². The number of hydrogen-bond donors (Lipinski definition) is 0. The molecule has 1 aromatic heterocycles. The summed E-state index contributed by atoms with van der Waals surface area (Å²) < 4.78 is 13.0. The highest BCUT2D eigenvalue weighted by Gasteiger charge is 2.19. The van der Waals surface area contributed by atoms with Crippen molar-refractivity contribution in [1.29, 1.82) is 0 Å². The average molecular weight is 420 g/mol. The number of nitrogens with zero attached hydrogens (tertiary/aromatic N) is 3. The Kier molecular flexibility index (Phi) is 5.86. The van der Waals surface area contributed by atoms with Gasteiger partial charge in [-0.2, -0.15) is 5.10 Å². The molecule has 0 bridgehead atoms. The van der Waals surface area contributed by atoms with Crippen LogP contribution in [0.15, 0.2) is 70.1 Å². The van der Waals surface area contributed by atoms with Crippen molar-refractivity contribution in [2.24, 2.45) is 10.1 Å². The fraction of sp³-hybridized carbons (Fsp3) is 0.250. The van der Waals surface area contributed by atoms with E-state index in [4.69, 9.17) is 19.6 Å². The van der Waals surface area contributed by atoms with Gasteiger partial charge in [0.05, 0.1) is 32.2 Å². The molecule has 0 saturated carbocycles. The molecular formula is C24H25N3O2S. The molecule has 5 nitrogen and oxygen atoms in total. The Morgan fingerprint density at radius 3 is 2.70 bits per heavy atom. The van der Waals surface area contributed by atoms with Crippen LogP contribution in [0.25, 0.3) is 11.3 Å². The molecule has 0 amide bonds. The SMILES string of the molecule is C=C(C)CN=c1scc(-c2cc(OC)ccc2OC)n1N=C1CCc2ccccc21. The highest BCUT2D eigenvalue weighted by molar-refractivity contribution is 7.07. The normalized spacial score (nSPS) is 14.8. The predicted molar refractivity (Wildman–Crippen MR) is 123 cm³/mol. The molecule has 1 aliphatic rings. The second-order valence-electron chi connectivity index (χ2n) is 7.26. The van der Waals surface area contributed by atoms with E-state index in [1.807, 2.05) is 29.8 Å². The van der Waals surface area contributed by atoms with E-state index >= 15 is 0 Å². The first-order chi connectivity index (χ1) is 14.6. The number of aromatic nitrogens is 1. The molecule has 0 saturated heterocycles. The number of aryl methyl sites for hydroxylation is 1. The number of benzene rings is 2. The van der Waals surface area contributed by atoms with E-state index < -0.39 is 0 Å². The van der Waals surface area contributed by atoms with Gasteiger partial charge in [-0.3, -0.25) is 4.99 Å². The van der Waals surface area contributed by atoms with Gasteiger partial charge in [0.1, 0.15) is 11.5 Å². The minimum atomic E-state index is 0.566. The van der Waals surface area contributed by atoms with Gasteiger partial charge < -0.3 is 9.47 Å². The topological polar surface area (TPSA) is 48.1 Å². The average Bonchev–Trinajstić information content (AvgIpc) is 3.36. The van der Waals surface area contributed by atoms with Crippen molar-refractivity contribution in [3.05, 3.63) is 75.9 Å². The lowest BCUT2D eigenvalue weighted by molar-refractivity contribution is 0.404. The summed E-state index contributed by atoms with van der Waals surface area (Å²) in [5.74, 6) is 1.53. The van der Waals surface area contributed by atoms with Gasteiger partial charge in [0.2, 0.25) is 4.80 Å². The smallest absolute Gasteiger partial charge is 0.206 e. The third-order valence-electron chi connectivity index (χ3n) is 5.03. The molecule has 30 heavy (non-hydrogen) atoms. The van der Waals surface area contributed by atoms with Crippen molar-refractivity contribution in [3.63, 3.8) is 0 Å². The van der Waals surface area contributed by atoms with E-state index in [-0.39, 0.29) is 0 Å². The van der Waals surface area contributed by atoms with Crippen LogP contribution < -0.4 is 14.3 Å². The predicted octanol–water partition coefficient (Wildman–Crippen LogP) is 4.91. The fourth-order valence-electron chi connectivity index (χ4n) is 3.54. The zero-order chi connectivity index (χ0) is 21.1. The minimum absolute atomic E-state index is 0.566. The van der Waals surface area contributed by atoms with Gasteiger partial charge in [-0.15, -0.1) is 11.3 Å². The molecule has 0 spiro atoms. The van der Waals surface area contributed by atoms with E-state index in [0.29, 0.717) is 6.54 Å². The van der Waals surface area contributed by atoms with E-state index in [2.05, 4.69) is 36.2 Å². The fourth-order valence-corrected chi connectivity index (χ4v) is 4.36. The van der Waals surface area contributed by atoms with Gasteiger partial charge in [-0.05, 0) is 43.5 Å². The van der Waals surface area contributed by atoms with Crippen molar-refractivity contribution in [2.45, 2.75) is 19.8 Å². The number of thiazole rings is 1. The van der Waals surface area contributed by atoms with Crippen LogP contribution in [0.2, 0.25) is 0 Å². The van der Waals surface area contributed by atoms with Crippen LogP contribution in [0.5, 0.6) is 11.5 Å². The van der Waals surface area contributed by atoms with Crippen molar-refractivity contribution in [2.75, 3.05) is 20.8 Å². The van der Waals surface area contributed by atoms with Crippen LogP contribution in [0.3, 0.4) is 0 Å². The Balaban J connectivity index is 1.91. The lowest BCUT2D eigenvalue weighted by Crippen LogP contribution is -2.15. The van der Waals surface area contributed by atoms with Crippen molar-refractivity contribution < 1.29 is 9.47 Å². The summed E-state index contributed by atoms with van der Waals surface area (Å²) in [6.07, 6.45) is 1.92. The summed E-state index contributed by atoms with van der Waals surface area (Å²) in [4.78, 5) is 5.58. The minimum Gasteiger partial charge on any atom is -0.497 e. The Morgan fingerprint density at radius 2 is 1.93 bits per heavy atom. The molecule has 0 N–H and O–H groups in total. The van der Waals surface area contributed by atoms with Crippen molar-refractivity contribution >= 4 is 17.0 Å². The molecule has 3 aromatic rings. The van der Waals surface area contributed by atoms with Crippen LogP contribution in [0, 0.1) is 0 Å².